The number of rotatable bonds is 11. The number of morpholine rings is 1. The number of benzene rings is 2. The fourth-order valence-corrected chi connectivity index (χ4v) is 5.93. The molecule has 1 N–H and O–H groups in total. The van der Waals surface area contributed by atoms with Gasteiger partial charge in [-0.1, -0.05) is 54.9 Å². The van der Waals surface area contributed by atoms with Crippen LogP contribution in [0, 0.1) is 0 Å². The first-order valence-electron chi connectivity index (χ1n) is 15.7. The van der Waals surface area contributed by atoms with Crippen molar-refractivity contribution in [3.8, 4) is 0 Å². The molecule has 46 heavy (non-hydrogen) atoms. The molecule has 2 aliphatic rings. The molecule has 0 atom stereocenters. The third-order valence-corrected chi connectivity index (χ3v) is 8.61. The number of Topliss-reactive ketones (excluding diaryl/α,β-unsaturated/α-hetero) is 1. The van der Waals surface area contributed by atoms with Crippen LogP contribution in [0.25, 0.3) is 0 Å². The topological polar surface area (TPSA) is 108 Å². The Balaban J connectivity index is 1.36. The SMILES string of the molecule is C=C(CN1CCCCC1)C(=O)Nc1cc(Cc2ncc(Cl)c(Cc3ccccc3C(=O)C(=O)N(C)C)n2)ccc1N1CCOCC1. The predicted octanol–water partition coefficient (Wildman–Crippen LogP) is 4.40. The fraction of sp³-hybridized carbons (Fsp3) is 0.400. The van der Waals surface area contributed by atoms with Gasteiger partial charge in [-0.25, -0.2) is 9.97 Å². The van der Waals surface area contributed by atoms with E-state index in [2.05, 4.69) is 26.7 Å². The van der Waals surface area contributed by atoms with Gasteiger partial charge in [0, 0.05) is 63.9 Å². The normalized spacial score (nSPS) is 15.3. The minimum Gasteiger partial charge on any atom is -0.378 e. The molecule has 0 saturated carbocycles. The molecule has 0 aliphatic carbocycles. The van der Waals surface area contributed by atoms with E-state index in [0.717, 1.165) is 50.3 Å². The number of aromatic nitrogens is 2. The third kappa shape index (κ3) is 8.37. The maximum absolute atomic E-state index is 13.3. The zero-order chi connectivity index (χ0) is 32.6. The highest BCUT2D eigenvalue weighted by Gasteiger charge is 2.23. The summed E-state index contributed by atoms with van der Waals surface area (Å²) in [5.41, 5.74) is 4.61. The lowest BCUT2D eigenvalue weighted by Gasteiger charge is -2.31. The second-order valence-corrected chi connectivity index (χ2v) is 12.4. The Morgan fingerprint density at radius 1 is 1.00 bits per heavy atom. The molecule has 0 unspecified atom stereocenters. The number of nitrogens with zero attached hydrogens (tertiary/aromatic N) is 5. The summed E-state index contributed by atoms with van der Waals surface area (Å²) in [5.74, 6) is -0.832. The van der Waals surface area contributed by atoms with Crippen molar-refractivity contribution in [2.75, 3.05) is 70.2 Å². The average Bonchev–Trinajstić information content (AvgIpc) is 3.06. The molecule has 2 aromatic carbocycles. The van der Waals surface area contributed by atoms with Gasteiger partial charge in [-0.2, -0.15) is 0 Å². The summed E-state index contributed by atoms with van der Waals surface area (Å²) in [6.07, 6.45) is 5.73. The molecular weight excluding hydrogens is 604 g/mol. The van der Waals surface area contributed by atoms with Crippen molar-refractivity contribution in [2.24, 2.45) is 0 Å². The molecule has 1 aromatic heterocycles. The van der Waals surface area contributed by atoms with E-state index in [1.54, 1.807) is 38.5 Å². The van der Waals surface area contributed by atoms with Crippen LogP contribution in [-0.4, -0.2) is 97.4 Å². The molecule has 0 radical (unpaired) electrons. The molecule has 11 heteroatoms. The van der Waals surface area contributed by atoms with Crippen LogP contribution >= 0.6 is 11.6 Å². The van der Waals surface area contributed by atoms with E-state index < -0.39 is 11.7 Å². The van der Waals surface area contributed by atoms with Gasteiger partial charge in [0.2, 0.25) is 0 Å². The number of ketones is 1. The van der Waals surface area contributed by atoms with Crippen molar-refractivity contribution in [1.29, 1.82) is 0 Å². The Labute approximate surface area is 275 Å². The van der Waals surface area contributed by atoms with Gasteiger partial charge in [-0.3, -0.25) is 19.3 Å². The van der Waals surface area contributed by atoms with E-state index in [1.165, 1.54) is 11.3 Å². The third-order valence-electron chi connectivity index (χ3n) is 8.29. The molecule has 2 saturated heterocycles. The van der Waals surface area contributed by atoms with Crippen LogP contribution in [0.4, 0.5) is 11.4 Å². The Morgan fingerprint density at radius 2 is 1.74 bits per heavy atom. The maximum atomic E-state index is 13.3. The number of carbonyl (C=O) groups is 3. The van der Waals surface area contributed by atoms with E-state index in [0.29, 0.717) is 65.1 Å². The smallest absolute Gasteiger partial charge is 0.294 e. The van der Waals surface area contributed by atoms with Gasteiger partial charge in [0.05, 0.1) is 35.3 Å². The van der Waals surface area contributed by atoms with Crippen LogP contribution < -0.4 is 10.2 Å². The van der Waals surface area contributed by atoms with Gasteiger partial charge < -0.3 is 19.9 Å². The Kier molecular flexibility index (Phi) is 11.2. The molecule has 2 amide bonds. The van der Waals surface area contributed by atoms with Crippen LogP contribution in [0.1, 0.15) is 52.3 Å². The molecule has 5 rings (SSSR count). The minimum absolute atomic E-state index is 0.191. The second-order valence-electron chi connectivity index (χ2n) is 12.0. The Hall–Kier alpha value is -4.12. The number of nitrogens with one attached hydrogen (secondary N) is 1. The molecule has 0 spiro atoms. The maximum Gasteiger partial charge on any atom is 0.294 e. The number of anilines is 2. The van der Waals surface area contributed by atoms with Gasteiger partial charge >= 0.3 is 0 Å². The molecule has 3 heterocycles. The quantitative estimate of drug-likeness (QED) is 0.186. The molecule has 2 aliphatic heterocycles. The van der Waals surface area contributed by atoms with Gasteiger partial charge in [-0.05, 0) is 49.2 Å². The average molecular weight is 645 g/mol. The highest BCUT2D eigenvalue weighted by molar-refractivity contribution is 6.43. The summed E-state index contributed by atoms with van der Waals surface area (Å²) in [7, 11) is 3.10. The summed E-state index contributed by atoms with van der Waals surface area (Å²) in [5, 5.41) is 3.51. The minimum atomic E-state index is -0.597. The van der Waals surface area contributed by atoms with E-state index in [1.807, 2.05) is 24.3 Å². The number of piperidine rings is 1. The van der Waals surface area contributed by atoms with E-state index >= 15 is 0 Å². The van der Waals surface area contributed by atoms with Crippen LogP contribution in [0.5, 0.6) is 0 Å². The van der Waals surface area contributed by atoms with Gasteiger partial charge in [0.1, 0.15) is 5.82 Å². The molecule has 2 fully saturated rings. The number of halogens is 1. The molecule has 10 nitrogen and oxygen atoms in total. The first-order valence-corrected chi connectivity index (χ1v) is 16.1. The van der Waals surface area contributed by atoms with E-state index in [9.17, 15) is 14.4 Å². The molecular formula is C35H41ClN6O4. The summed E-state index contributed by atoms with van der Waals surface area (Å²) < 4.78 is 5.56. The Bertz CT molecular complexity index is 1600. The standard InChI is InChI=1S/C35H41ClN6O4/c1-24(23-41-13-7-4-8-14-41)34(44)39-30-19-25(11-12-31(30)42-15-17-46-18-16-42)20-32-37-22-28(36)29(38-32)21-26-9-5-6-10-27(26)33(43)35(45)40(2)3/h5-6,9-12,19,22H,1,4,7-8,13-18,20-21,23H2,2-3H3,(H,39,44). The lowest BCUT2D eigenvalue weighted by molar-refractivity contribution is -0.124. The largest absolute Gasteiger partial charge is 0.378 e. The first-order chi connectivity index (χ1) is 22.2. The zero-order valence-corrected chi connectivity index (χ0v) is 27.3. The van der Waals surface area contributed by atoms with Crippen LogP contribution in [-0.2, 0) is 27.2 Å². The van der Waals surface area contributed by atoms with Gasteiger partial charge in [0.15, 0.2) is 0 Å². The van der Waals surface area contributed by atoms with Gasteiger partial charge in [0.25, 0.3) is 17.6 Å². The molecule has 0 bridgehead atoms. The number of carbonyl (C=O) groups excluding carboxylic acids is 3. The summed E-state index contributed by atoms with van der Waals surface area (Å²) in [6.45, 7) is 9.32. The lowest BCUT2D eigenvalue weighted by Crippen LogP contribution is -2.37. The fourth-order valence-electron chi connectivity index (χ4n) is 5.77. The number of likely N-dealkylation sites (tertiary alicyclic amines) is 1. The van der Waals surface area contributed by atoms with Crippen molar-refractivity contribution in [1.82, 2.24) is 19.8 Å². The summed E-state index contributed by atoms with van der Waals surface area (Å²) in [4.78, 5) is 53.6. The highest BCUT2D eigenvalue weighted by atomic mass is 35.5. The van der Waals surface area contributed by atoms with Crippen LogP contribution in [0.15, 0.2) is 60.8 Å². The highest BCUT2D eigenvalue weighted by Crippen LogP contribution is 2.30. The molecule has 3 aromatic rings. The summed E-state index contributed by atoms with van der Waals surface area (Å²) >= 11 is 6.52. The van der Waals surface area contributed by atoms with Crippen molar-refractivity contribution in [3.63, 3.8) is 0 Å². The zero-order valence-electron chi connectivity index (χ0n) is 26.6. The van der Waals surface area contributed by atoms with Crippen LogP contribution in [0.3, 0.4) is 0 Å². The summed E-state index contributed by atoms with van der Waals surface area (Å²) in [6, 6.07) is 13.0. The first kappa shape index (κ1) is 33.2. The molecule has 242 valence electrons. The van der Waals surface area contributed by atoms with Crippen molar-refractivity contribution >= 4 is 40.6 Å². The number of hydrogen-bond acceptors (Lipinski definition) is 8. The number of likely N-dealkylation sites (N-methyl/N-ethyl adjacent to an activating group) is 1. The van der Waals surface area contributed by atoms with E-state index in [-0.39, 0.29) is 12.3 Å². The number of amides is 2. The lowest BCUT2D eigenvalue weighted by atomic mass is 9.99. The Morgan fingerprint density at radius 3 is 2.48 bits per heavy atom. The monoisotopic (exact) mass is 644 g/mol. The number of ether oxygens (including phenoxy) is 1. The van der Waals surface area contributed by atoms with Crippen LogP contribution in [0.2, 0.25) is 5.02 Å². The van der Waals surface area contributed by atoms with Crippen molar-refractivity contribution in [3.05, 3.63) is 94.0 Å². The predicted molar refractivity (Wildman–Crippen MR) is 180 cm³/mol. The number of hydrogen-bond donors (Lipinski definition) is 1. The van der Waals surface area contributed by atoms with Gasteiger partial charge in [-0.15, -0.1) is 0 Å². The van der Waals surface area contributed by atoms with E-state index in [4.69, 9.17) is 21.3 Å². The second kappa shape index (κ2) is 15.4. The van der Waals surface area contributed by atoms with Crippen molar-refractivity contribution < 1.29 is 19.1 Å². The van der Waals surface area contributed by atoms with Crippen molar-refractivity contribution in [2.45, 2.75) is 32.1 Å².